The minimum atomic E-state index is -0.333. The van der Waals surface area contributed by atoms with Gasteiger partial charge in [0.1, 0.15) is 0 Å². The second-order valence-corrected chi connectivity index (χ2v) is 9.07. The Hall–Kier alpha value is -2.42. The molecule has 7 nitrogen and oxygen atoms in total. The first-order chi connectivity index (χ1) is 14.5. The van der Waals surface area contributed by atoms with Crippen molar-refractivity contribution in [2.75, 3.05) is 24.7 Å². The molecule has 0 unspecified atom stereocenters. The van der Waals surface area contributed by atoms with Crippen molar-refractivity contribution in [3.63, 3.8) is 0 Å². The van der Waals surface area contributed by atoms with Crippen LogP contribution in [-0.2, 0) is 9.53 Å². The Kier molecular flexibility index (Phi) is 6.36. The van der Waals surface area contributed by atoms with Crippen LogP contribution in [0.1, 0.15) is 39.3 Å². The molecule has 3 heterocycles. The van der Waals surface area contributed by atoms with Crippen LogP contribution in [-0.4, -0.2) is 49.6 Å². The number of carbonyl (C=O) groups is 3. The number of rotatable bonds is 5. The molecular weight excluding hydrogens is 426 g/mol. The zero-order valence-corrected chi connectivity index (χ0v) is 17.8. The lowest BCUT2D eigenvalue weighted by Crippen LogP contribution is -2.50. The fraction of sp³-hybridized carbons (Fsp3) is 0.381. The van der Waals surface area contributed by atoms with Gasteiger partial charge in [-0.15, -0.1) is 11.3 Å². The lowest BCUT2D eigenvalue weighted by atomic mass is 10.1. The molecule has 1 aromatic carbocycles. The van der Waals surface area contributed by atoms with Crippen LogP contribution in [0.5, 0.6) is 0 Å². The average Bonchev–Trinajstić information content (AvgIpc) is 3.37. The van der Waals surface area contributed by atoms with Crippen molar-refractivity contribution in [2.24, 2.45) is 0 Å². The van der Waals surface area contributed by atoms with E-state index in [1.54, 1.807) is 41.3 Å². The van der Waals surface area contributed by atoms with Crippen LogP contribution in [0.15, 0.2) is 36.4 Å². The zero-order valence-electron chi connectivity index (χ0n) is 16.2. The smallest absolute Gasteiger partial charge is 0.261 e. The zero-order chi connectivity index (χ0) is 21.1. The van der Waals surface area contributed by atoms with Crippen molar-refractivity contribution in [3.8, 4) is 0 Å². The van der Waals surface area contributed by atoms with Crippen LogP contribution in [0.3, 0.4) is 0 Å². The van der Waals surface area contributed by atoms with Gasteiger partial charge in [0.25, 0.3) is 11.8 Å². The van der Waals surface area contributed by atoms with Gasteiger partial charge in [-0.1, -0.05) is 11.6 Å². The number of anilines is 1. The second-order valence-electron chi connectivity index (χ2n) is 7.35. The van der Waals surface area contributed by atoms with Crippen LogP contribution in [0.4, 0.5) is 5.69 Å². The quantitative estimate of drug-likeness (QED) is 0.737. The third-order valence-corrected chi connectivity index (χ3v) is 6.50. The van der Waals surface area contributed by atoms with Crippen LogP contribution in [0.2, 0.25) is 4.34 Å². The van der Waals surface area contributed by atoms with Crippen molar-refractivity contribution < 1.29 is 19.1 Å². The van der Waals surface area contributed by atoms with E-state index >= 15 is 0 Å². The fourth-order valence-corrected chi connectivity index (χ4v) is 4.58. The molecule has 0 spiro atoms. The highest BCUT2D eigenvalue weighted by Crippen LogP contribution is 2.23. The number of halogens is 1. The van der Waals surface area contributed by atoms with Gasteiger partial charge in [0.2, 0.25) is 5.91 Å². The molecule has 4 rings (SSSR count). The van der Waals surface area contributed by atoms with E-state index in [1.807, 2.05) is 0 Å². The van der Waals surface area contributed by atoms with Crippen LogP contribution in [0.25, 0.3) is 0 Å². The van der Waals surface area contributed by atoms with Crippen LogP contribution in [0, 0.1) is 0 Å². The number of nitrogens with one attached hydrogen (secondary N) is 2. The fourth-order valence-electron chi connectivity index (χ4n) is 3.64. The van der Waals surface area contributed by atoms with E-state index in [0.717, 1.165) is 18.5 Å². The minimum Gasteiger partial charge on any atom is -0.377 e. The van der Waals surface area contributed by atoms with Gasteiger partial charge >= 0.3 is 0 Å². The van der Waals surface area contributed by atoms with E-state index in [1.165, 1.54) is 11.3 Å². The van der Waals surface area contributed by atoms with Gasteiger partial charge in [0.15, 0.2) is 0 Å². The summed E-state index contributed by atoms with van der Waals surface area (Å²) in [6.07, 6.45) is 2.48. The number of carbonyl (C=O) groups excluding carboxylic acids is 3. The maximum absolute atomic E-state index is 12.7. The summed E-state index contributed by atoms with van der Waals surface area (Å²) < 4.78 is 6.01. The number of piperidine rings is 1. The molecular formula is C21H22ClN3O4S. The summed E-state index contributed by atoms with van der Waals surface area (Å²) in [5.41, 5.74) is 1.30. The summed E-state index contributed by atoms with van der Waals surface area (Å²) in [5, 5.41) is 5.83. The monoisotopic (exact) mass is 447 g/mol. The molecule has 2 aliphatic rings. The Morgan fingerprint density at radius 2 is 1.70 bits per heavy atom. The van der Waals surface area contributed by atoms with Crippen molar-refractivity contribution in [2.45, 2.75) is 31.3 Å². The van der Waals surface area contributed by atoms with Gasteiger partial charge < -0.3 is 20.3 Å². The summed E-state index contributed by atoms with van der Waals surface area (Å²) >= 11 is 7.09. The Bertz CT molecular complexity index is 946. The average molecular weight is 448 g/mol. The first kappa shape index (κ1) is 20.8. The molecule has 2 saturated heterocycles. The van der Waals surface area contributed by atoms with E-state index < -0.39 is 0 Å². The molecule has 158 valence electrons. The van der Waals surface area contributed by atoms with E-state index in [2.05, 4.69) is 10.6 Å². The lowest BCUT2D eigenvalue weighted by molar-refractivity contribution is -0.119. The van der Waals surface area contributed by atoms with Crippen LogP contribution < -0.4 is 15.5 Å². The maximum atomic E-state index is 12.7. The standard InChI is InChI=1S/C21H22ClN3O4S/c22-18-9-8-17(30-18)21(28)24-16-12-29-11-15(16)23-20(27)13-4-6-14(7-5-13)25-10-2-1-3-19(25)26/h4-9,15-16H,1-3,10-12H2,(H,23,27)(H,24,28)/t15-,16+/m1/s1. The van der Waals surface area contributed by atoms with Gasteiger partial charge in [-0.25, -0.2) is 0 Å². The number of hydrogen-bond donors (Lipinski definition) is 2. The molecule has 2 fully saturated rings. The molecule has 2 N–H and O–H groups in total. The molecule has 0 radical (unpaired) electrons. The van der Waals surface area contributed by atoms with Crippen LogP contribution >= 0.6 is 22.9 Å². The Morgan fingerprint density at radius 3 is 2.33 bits per heavy atom. The Morgan fingerprint density at radius 1 is 1.00 bits per heavy atom. The van der Waals surface area contributed by atoms with E-state index in [4.69, 9.17) is 16.3 Å². The summed E-state index contributed by atoms with van der Waals surface area (Å²) in [7, 11) is 0. The SMILES string of the molecule is O=C(N[C@@H]1COC[C@@H]1NC(=O)c1ccc(Cl)s1)c1ccc(N2CCCCC2=O)cc1. The maximum Gasteiger partial charge on any atom is 0.261 e. The normalized spacial score (nSPS) is 21.5. The topological polar surface area (TPSA) is 87.7 Å². The Labute approximate surface area is 183 Å². The molecule has 9 heteroatoms. The Balaban J connectivity index is 1.36. The first-order valence-electron chi connectivity index (χ1n) is 9.86. The highest BCUT2D eigenvalue weighted by molar-refractivity contribution is 7.18. The van der Waals surface area contributed by atoms with Crippen molar-refractivity contribution in [1.29, 1.82) is 0 Å². The van der Waals surface area contributed by atoms with Crippen molar-refractivity contribution in [3.05, 3.63) is 51.2 Å². The first-order valence-corrected chi connectivity index (χ1v) is 11.1. The lowest BCUT2D eigenvalue weighted by Gasteiger charge is -2.27. The third-order valence-electron chi connectivity index (χ3n) is 5.28. The predicted octanol–water partition coefficient (Wildman–Crippen LogP) is 2.85. The number of benzene rings is 1. The summed E-state index contributed by atoms with van der Waals surface area (Å²) in [6, 6.07) is 9.69. The summed E-state index contributed by atoms with van der Waals surface area (Å²) in [6.45, 7) is 1.36. The molecule has 0 bridgehead atoms. The summed E-state index contributed by atoms with van der Waals surface area (Å²) in [4.78, 5) is 39.4. The van der Waals surface area contributed by atoms with Gasteiger partial charge in [0, 0.05) is 24.2 Å². The van der Waals surface area contributed by atoms with Gasteiger partial charge in [-0.05, 0) is 49.2 Å². The molecule has 0 aliphatic carbocycles. The highest BCUT2D eigenvalue weighted by atomic mass is 35.5. The molecule has 0 saturated carbocycles. The molecule has 3 amide bonds. The molecule has 2 aromatic rings. The summed E-state index contributed by atoms with van der Waals surface area (Å²) in [5.74, 6) is -0.371. The van der Waals surface area contributed by atoms with E-state index in [0.29, 0.717) is 41.0 Å². The second kappa shape index (κ2) is 9.16. The number of thiophene rings is 1. The molecule has 2 aliphatic heterocycles. The predicted molar refractivity (Wildman–Crippen MR) is 115 cm³/mol. The minimum absolute atomic E-state index is 0.118. The van der Waals surface area contributed by atoms with Crippen molar-refractivity contribution >= 4 is 46.3 Å². The van der Waals surface area contributed by atoms with Gasteiger partial charge in [-0.2, -0.15) is 0 Å². The van der Waals surface area contributed by atoms with E-state index in [-0.39, 0.29) is 29.8 Å². The van der Waals surface area contributed by atoms with Gasteiger partial charge in [0.05, 0.1) is 34.5 Å². The van der Waals surface area contributed by atoms with Gasteiger partial charge in [-0.3, -0.25) is 14.4 Å². The largest absolute Gasteiger partial charge is 0.377 e. The molecule has 1 aromatic heterocycles. The molecule has 2 atom stereocenters. The third kappa shape index (κ3) is 4.66. The number of hydrogen-bond acceptors (Lipinski definition) is 5. The number of amides is 3. The number of ether oxygens (including phenoxy) is 1. The number of nitrogens with zero attached hydrogens (tertiary/aromatic N) is 1. The van der Waals surface area contributed by atoms with Crippen molar-refractivity contribution in [1.82, 2.24) is 10.6 Å². The highest BCUT2D eigenvalue weighted by Gasteiger charge is 2.31. The molecule has 30 heavy (non-hydrogen) atoms. The van der Waals surface area contributed by atoms with E-state index in [9.17, 15) is 14.4 Å².